The van der Waals surface area contributed by atoms with Gasteiger partial charge in [0.1, 0.15) is 10.8 Å². The van der Waals surface area contributed by atoms with Crippen molar-refractivity contribution in [2.75, 3.05) is 13.7 Å². The van der Waals surface area contributed by atoms with Gasteiger partial charge in [-0.1, -0.05) is 18.2 Å². The first-order valence-corrected chi connectivity index (χ1v) is 6.76. The summed E-state index contributed by atoms with van der Waals surface area (Å²) < 4.78 is 29.1. The largest absolute Gasteiger partial charge is 0.492 e. The maximum absolute atomic E-state index is 14.4. The van der Waals surface area contributed by atoms with Gasteiger partial charge in [0.2, 0.25) is 0 Å². The average molecular weight is 331 g/mol. The first kappa shape index (κ1) is 18.0. The van der Waals surface area contributed by atoms with E-state index in [4.69, 9.17) is 21.1 Å². The van der Waals surface area contributed by atoms with E-state index in [1.165, 1.54) is 12.1 Å². The fraction of sp³-hybridized carbons (Fsp3) is 0.333. The quantitative estimate of drug-likeness (QED) is 0.592. The minimum atomic E-state index is -1.34. The Hall–Kier alpha value is -2.08. The number of benzene rings is 1. The molecule has 0 fully saturated rings. The van der Waals surface area contributed by atoms with Gasteiger partial charge in [0.05, 0.1) is 19.3 Å². The predicted molar refractivity (Wildman–Crippen MR) is 78.2 cm³/mol. The second-order valence-corrected chi connectivity index (χ2v) is 4.60. The van der Waals surface area contributed by atoms with Gasteiger partial charge in [-0.15, -0.1) is 0 Å². The molecule has 0 aliphatic heterocycles. The molecule has 0 spiro atoms. The molecule has 5 nitrogen and oxygen atoms in total. The third kappa shape index (κ3) is 3.98. The smallest absolute Gasteiger partial charge is 0.337 e. The molecule has 0 aliphatic carbocycles. The van der Waals surface area contributed by atoms with E-state index >= 15 is 0 Å². The van der Waals surface area contributed by atoms with Gasteiger partial charge in [-0.05, 0) is 19.1 Å². The van der Waals surface area contributed by atoms with Crippen molar-refractivity contribution in [1.82, 2.24) is 0 Å². The maximum Gasteiger partial charge on any atom is 0.337 e. The number of hydrogen-bond acceptors (Lipinski definition) is 5. The van der Waals surface area contributed by atoms with Crippen molar-refractivity contribution in [2.45, 2.75) is 20.0 Å². The number of esters is 2. The molecule has 0 N–H and O–H groups in total. The normalized spacial score (nSPS) is 11.5. The number of rotatable bonds is 6. The van der Waals surface area contributed by atoms with Crippen LogP contribution in [-0.2, 0) is 19.1 Å². The van der Waals surface area contributed by atoms with Gasteiger partial charge in [-0.25, -0.2) is 9.18 Å². The topological polar surface area (TPSA) is 61.8 Å². The summed E-state index contributed by atoms with van der Waals surface area (Å²) in [5.41, 5.74) is -0.337. The highest BCUT2D eigenvalue weighted by atomic mass is 35.5. The Labute approximate surface area is 132 Å². The maximum atomic E-state index is 14.4. The zero-order chi connectivity index (χ0) is 16.9. The van der Waals surface area contributed by atoms with E-state index < -0.39 is 23.9 Å². The van der Waals surface area contributed by atoms with Crippen LogP contribution in [-0.4, -0.2) is 25.7 Å². The van der Waals surface area contributed by atoms with Gasteiger partial charge in [0.25, 0.3) is 0 Å². The molecule has 1 aromatic carbocycles. The van der Waals surface area contributed by atoms with Crippen LogP contribution in [0.3, 0.4) is 0 Å². The Balaban J connectivity index is 3.31. The summed E-state index contributed by atoms with van der Waals surface area (Å²) in [6, 6.07) is 2.74. The monoisotopic (exact) mass is 330 g/mol. The van der Waals surface area contributed by atoms with Crippen LogP contribution in [0.5, 0.6) is 5.75 Å². The third-order valence-corrected chi connectivity index (χ3v) is 3.06. The molecule has 0 aromatic heterocycles. The Morgan fingerprint density at radius 3 is 2.55 bits per heavy atom. The summed E-state index contributed by atoms with van der Waals surface area (Å²) in [6.45, 7) is 6.65. The lowest BCUT2D eigenvalue weighted by Crippen LogP contribution is -2.18. The van der Waals surface area contributed by atoms with E-state index in [9.17, 15) is 14.0 Å². The van der Waals surface area contributed by atoms with Gasteiger partial charge in [-0.3, -0.25) is 4.79 Å². The minimum Gasteiger partial charge on any atom is -0.492 e. The number of carbonyl (C=O) groups is 2. The molecule has 0 aliphatic rings. The SMILES string of the molecule is C=C(C(=O)OC)C(OC(C)=O)c1ccc(OCC)c(Cl)c1F. The van der Waals surface area contributed by atoms with Crippen LogP contribution in [0.1, 0.15) is 25.5 Å². The average Bonchev–Trinajstić information content (AvgIpc) is 2.48. The van der Waals surface area contributed by atoms with Gasteiger partial charge < -0.3 is 14.2 Å². The van der Waals surface area contributed by atoms with Gasteiger partial charge in [0.15, 0.2) is 11.9 Å². The fourth-order valence-electron chi connectivity index (χ4n) is 1.74. The van der Waals surface area contributed by atoms with Crippen molar-refractivity contribution in [1.29, 1.82) is 0 Å². The summed E-state index contributed by atoms with van der Waals surface area (Å²) in [5.74, 6) is -2.24. The molecular weight excluding hydrogens is 315 g/mol. The van der Waals surface area contributed by atoms with Crippen molar-refractivity contribution in [3.05, 3.63) is 40.7 Å². The summed E-state index contributed by atoms with van der Waals surface area (Å²) in [4.78, 5) is 22.8. The van der Waals surface area contributed by atoms with Crippen LogP contribution in [0.2, 0.25) is 5.02 Å². The van der Waals surface area contributed by atoms with Gasteiger partial charge in [0, 0.05) is 12.5 Å². The molecule has 0 amide bonds. The van der Waals surface area contributed by atoms with Crippen molar-refractivity contribution in [3.8, 4) is 5.75 Å². The number of methoxy groups -OCH3 is 1. The summed E-state index contributed by atoms with van der Waals surface area (Å²) >= 11 is 5.89. The molecule has 1 unspecified atom stereocenters. The standard InChI is InChI=1S/C15H16ClFO5/c1-5-21-11-7-6-10(13(17)12(11)16)14(22-9(3)18)8(2)15(19)20-4/h6-7,14H,2,5H2,1,3-4H3. The van der Waals surface area contributed by atoms with Crippen LogP contribution in [0.25, 0.3) is 0 Å². The lowest BCUT2D eigenvalue weighted by atomic mass is 10.0. The Morgan fingerprint density at radius 2 is 2.05 bits per heavy atom. The van der Waals surface area contributed by atoms with E-state index in [1.807, 2.05) is 0 Å². The molecule has 0 radical (unpaired) electrons. The second-order valence-electron chi connectivity index (χ2n) is 4.22. The van der Waals surface area contributed by atoms with Gasteiger partial charge >= 0.3 is 11.9 Å². The Morgan fingerprint density at radius 1 is 1.41 bits per heavy atom. The molecule has 1 atom stereocenters. The number of hydrogen-bond donors (Lipinski definition) is 0. The molecular formula is C15H16ClFO5. The predicted octanol–water partition coefficient (Wildman–Crippen LogP) is 3.21. The minimum absolute atomic E-state index is 0.112. The highest BCUT2D eigenvalue weighted by Gasteiger charge is 2.29. The highest BCUT2D eigenvalue weighted by Crippen LogP contribution is 2.36. The van der Waals surface area contributed by atoms with Crippen molar-refractivity contribution in [2.24, 2.45) is 0 Å². The van der Waals surface area contributed by atoms with Crippen LogP contribution in [0.4, 0.5) is 4.39 Å². The molecule has 1 aromatic rings. The summed E-state index contributed by atoms with van der Waals surface area (Å²) in [7, 11) is 1.14. The molecule has 0 saturated heterocycles. The summed E-state index contributed by atoms with van der Waals surface area (Å²) in [6.07, 6.45) is -1.34. The molecule has 7 heteroatoms. The van der Waals surface area contributed by atoms with Crippen molar-refractivity contribution < 1.29 is 28.2 Å². The number of halogens is 2. The molecule has 1 rings (SSSR count). The molecule has 22 heavy (non-hydrogen) atoms. The Bertz CT molecular complexity index is 600. The number of carbonyl (C=O) groups excluding carboxylic acids is 2. The number of ether oxygens (including phenoxy) is 3. The molecule has 120 valence electrons. The third-order valence-electron chi connectivity index (χ3n) is 2.71. The van der Waals surface area contributed by atoms with E-state index in [0.29, 0.717) is 6.61 Å². The Kier molecular flexibility index (Phi) is 6.37. The zero-order valence-electron chi connectivity index (χ0n) is 12.4. The van der Waals surface area contributed by atoms with Crippen molar-refractivity contribution in [3.63, 3.8) is 0 Å². The lowest BCUT2D eigenvalue weighted by Gasteiger charge is -2.20. The lowest BCUT2D eigenvalue weighted by molar-refractivity contribution is -0.147. The zero-order valence-corrected chi connectivity index (χ0v) is 13.2. The second kappa shape index (κ2) is 7.79. The molecule has 0 saturated carbocycles. The molecule has 0 heterocycles. The van der Waals surface area contributed by atoms with Crippen LogP contribution < -0.4 is 4.74 Å². The van der Waals surface area contributed by atoms with Crippen LogP contribution >= 0.6 is 11.6 Å². The van der Waals surface area contributed by atoms with E-state index in [1.54, 1.807) is 6.92 Å². The molecule has 0 bridgehead atoms. The van der Waals surface area contributed by atoms with Crippen LogP contribution in [0.15, 0.2) is 24.3 Å². The first-order chi connectivity index (χ1) is 10.3. The van der Waals surface area contributed by atoms with Crippen molar-refractivity contribution >= 4 is 23.5 Å². The fourth-order valence-corrected chi connectivity index (χ4v) is 1.97. The van der Waals surface area contributed by atoms with E-state index in [0.717, 1.165) is 14.0 Å². The van der Waals surface area contributed by atoms with Crippen LogP contribution in [0, 0.1) is 5.82 Å². The van der Waals surface area contributed by atoms with Gasteiger partial charge in [-0.2, -0.15) is 0 Å². The van der Waals surface area contributed by atoms with E-state index in [-0.39, 0.29) is 21.9 Å². The first-order valence-electron chi connectivity index (χ1n) is 6.38. The van der Waals surface area contributed by atoms with E-state index in [2.05, 4.69) is 11.3 Å². The highest BCUT2D eigenvalue weighted by molar-refractivity contribution is 6.32. The summed E-state index contributed by atoms with van der Waals surface area (Å²) in [5, 5.41) is -0.269.